The SMILES string of the molecule is O=C(c1cncc(F)c1)N1CCCC(COc2ncccn2)C1. The van der Waals surface area contributed by atoms with E-state index in [9.17, 15) is 9.18 Å². The van der Waals surface area contributed by atoms with Crippen molar-refractivity contribution >= 4 is 5.91 Å². The van der Waals surface area contributed by atoms with Gasteiger partial charge in [0.25, 0.3) is 5.91 Å². The number of likely N-dealkylation sites (tertiary alicyclic amines) is 1. The van der Waals surface area contributed by atoms with Gasteiger partial charge in [0, 0.05) is 37.6 Å². The van der Waals surface area contributed by atoms with Crippen molar-refractivity contribution < 1.29 is 13.9 Å². The van der Waals surface area contributed by atoms with Crippen molar-refractivity contribution in [3.8, 4) is 6.01 Å². The third-order valence-corrected chi connectivity index (χ3v) is 3.75. The van der Waals surface area contributed by atoms with Crippen LogP contribution in [0, 0.1) is 11.7 Å². The molecule has 0 spiro atoms. The second kappa shape index (κ2) is 7.13. The molecule has 1 fully saturated rings. The first-order valence-electron chi connectivity index (χ1n) is 7.52. The molecule has 0 saturated carbocycles. The highest BCUT2D eigenvalue weighted by molar-refractivity contribution is 5.93. The van der Waals surface area contributed by atoms with Crippen LogP contribution in [0.2, 0.25) is 0 Å². The molecular weight excluding hydrogens is 299 g/mol. The van der Waals surface area contributed by atoms with Crippen molar-refractivity contribution in [3.63, 3.8) is 0 Å². The Balaban J connectivity index is 1.58. The van der Waals surface area contributed by atoms with Crippen LogP contribution in [-0.2, 0) is 0 Å². The molecule has 3 rings (SSSR count). The molecule has 3 heterocycles. The summed E-state index contributed by atoms with van der Waals surface area (Å²) in [5, 5.41) is 0. The summed E-state index contributed by atoms with van der Waals surface area (Å²) in [5.41, 5.74) is 0.276. The molecule has 0 radical (unpaired) electrons. The second-order valence-electron chi connectivity index (χ2n) is 5.49. The maximum atomic E-state index is 13.2. The number of rotatable bonds is 4. The number of hydrogen-bond donors (Lipinski definition) is 0. The van der Waals surface area contributed by atoms with Crippen LogP contribution in [0.25, 0.3) is 0 Å². The fourth-order valence-corrected chi connectivity index (χ4v) is 2.65. The van der Waals surface area contributed by atoms with Crippen molar-refractivity contribution in [2.45, 2.75) is 12.8 Å². The maximum Gasteiger partial charge on any atom is 0.316 e. The number of piperidine rings is 1. The van der Waals surface area contributed by atoms with E-state index in [0.29, 0.717) is 25.7 Å². The molecule has 23 heavy (non-hydrogen) atoms. The molecular formula is C16H17FN4O2. The lowest BCUT2D eigenvalue weighted by Gasteiger charge is -2.32. The molecule has 2 aromatic heterocycles. The van der Waals surface area contributed by atoms with E-state index in [1.54, 1.807) is 23.4 Å². The third-order valence-electron chi connectivity index (χ3n) is 3.75. The Labute approximate surface area is 133 Å². The molecule has 120 valence electrons. The van der Waals surface area contributed by atoms with Crippen LogP contribution in [0.1, 0.15) is 23.2 Å². The normalized spacial score (nSPS) is 17.8. The first-order chi connectivity index (χ1) is 11.2. The molecule has 1 unspecified atom stereocenters. The Morgan fingerprint density at radius 2 is 2.17 bits per heavy atom. The van der Waals surface area contributed by atoms with Crippen LogP contribution in [0.5, 0.6) is 6.01 Å². The number of carbonyl (C=O) groups excluding carboxylic acids is 1. The topological polar surface area (TPSA) is 68.2 Å². The molecule has 1 aliphatic heterocycles. The summed E-state index contributed by atoms with van der Waals surface area (Å²) in [6.07, 6.45) is 7.58. The van der Waals surface area contributed by atoms with Crippen LogP contribution in [0.15, 0.2) is 36.9 Å². The summed E-state index contributed by atoms with van der Waals surface area (Å²) < 4.78 is 18.8. The van der Waals surface area contributed by atoms with Crippen molar-refractivity contribution in [1.82, 2.24) is 19.9 Å². The summed E-state index contributed by atoms with van der Waals surface area (Å²) in [4.78, 5) is 25.9. The van der Waals surface area contributed by atoms with E-state index in [-0.39, 0.29) is 17.4 Å². The van der Waals surface area contributed by atoms with Crippen LogP contribution >= 0.6 is 0 Å². The monoisotopic (exact) mass is 316 g/mol. The standard InChI is InChI=1S/C16H17FN4O2/c17-14-7-13(8-18-9-14)15(22)21-6-1-3-12(10-21)11-23-16-19-4-2-5-20-16/h2,4-5,7-9,12H,1,3,6,10-11H2. The average Bonchev–Trinajstić information content (AvgIpc) is 2.60. The molecule has 1 atom stereocenters. The van der Waals surface area contributed by atoms with Gasteiger partial charge in [-0.05, 0) is 25.0 Å². The van der Waals surface area contributed by atoms with Crippen LogP contribution in [0.3, 0.4) is 0 Å². The Kier molecular flexibility index (Phi) is 4.75. The lowest BCUT2D eigenvalue weighted by Crippen LogP contribution is -2.41. The summed E-state index contributed by atoms with van der Waals surface area (Å²) in [5.74, 6) is -0.496. The van der Waals surface area contributed by atoms with E-state index in [1.165, 1.54) is 12.3 Å². The van der Waals surface area contributed by atoms with Crippen molar-refractivity contribution in [2.24, 2.45) is 5.92 Å². The minimum absolute atomic E-state index is 0.197. The highest BCUT2D eigenvalue weighted by Gasteiger charge is 2.25. The average molecular weight is 316 g/mol. The number of carbonyl (C=O) groups is 1. The summed E-state index contributed by atoms with van der Waals surface area (Å²) in [6.45, 7) is 1.69. The lowest BCUT2D eigenvalue weighted by molar-refractivity contribution is 0.0628. The van der Waals surface area contributed by atoms with Gasteiger partial charge in [0.05, 0.1) is 18.4 Å². The van der Waals surface area contributed by atoms with E-state index in [2.05, 4.69) is 15.0 Å². The van der Waals surface area contributed by atoms with E-state index in [1.807, 2.05) is 0 Å². The molecule has 2 aromatic rings. The zero-order valence-electron chi connectivity index (χ0n) is 12.6. The number of nitrogens with zero attached hydrogens (tertiary/aromatic N) is 4. The quantitative estimate of drug-likeness (QED) is 0.862. The number of halogens is 1. The van der Waals surface area contributed by atoms with Gasteiger partial charge in [-0.25, -0.2) is 14.4 Å². The molecule has 0 bridgehead atoms. The number of hydrogen-bond acceptors (Lipinski definition) is 5. The Bertz CT molecular complexity index is 668. The summed E-state index contributed by atoms with van der Waals surface area (Å²) in [6, 6.07) is 3.28. The van der Waals surface area contributed by atoms with Gasteiger partial charge in [-0.2, -0.15) is 0 Å². The fraction of sp³-hybridized carbons (Fsp3) is 0.375. The lowest BCUT2D eigenvalue weighted by atomic mass is 9.98. The van der Waals surface area contributed by atoms with Gasteiger partial charge in [0.1, 0.15) is 5.82 Å². The Morgan fingerprint density at radius 3 is 2.96 bits per heavy atom. The predicted octanol–water partition coefficient (Wildman–Crippen LogP) is 1.94. The second-order valence-corrected chi connectivity index (χ2v) is 5.49. The van der Waals surface area contributed by atoms with Crippen LogP contribution < -0.4 is 4.74 Å². The first kappa shape index (κ1) is 15.3. The molecule has 0 aromatic carbocycles. The first-order valence-corrected chi connectivity index (χ1v) is 7.52. The highest BCUT2D eigenvalue weighted by atomic mass is 19.1. The van der Waals surface area contributed by atoms with Crippen LogP contribution in [0.4, 0.5) is 4.39 Å². The van der Waals surface area contributed by atoms with Crippen molar-refractivity contribution in [2.75, 3.05) is 19.7 Å². The smallest absolute Gasteiger partial charge is 0.316 e. The largest absolute Gasteiger partial charge is 0.463 e. The fourth-order valence-electron chi connectivity index (χ4n) is 2.65. The van der Waals surface area contributed by atoms with Crippen LogP contribution in [-0.4, -0.2) is 45.5 Å². The third kappa shape index (κ3) is 4.00. The molecule has 6 nitrogen and oxygen atoms in total. The van der Waals surface area contributed by atoms with Gasteiger partial charge in [0.2, 0.25) is 0 Å². The number of ether oxygens (including phenoxy) is 1. The van der Waals surface area contributed by atoms with E-state index in [0.717, 1.165) is 19.0 Å². The molecule has 1 aliphatic rings. The van der Waals surface area contributed by atoms with Gasteiger partial charge in [-0.3, -0.25) is 9.78 Å². The van der Waals surface area contributed by atoms with Gasteiger partial charge in [-0.1, -0.05) is 0 Å². The predicted molar refractivity (Wildman–Crippen MR) is 80.3 cm³/mol. The zero-order valence-corrected chi connectivity index (χ0v) is 12.6. The van der Waals surface area contributed by atoms with Crippen molar-refractivity contribution in [3.05, 3.63) is 48.3 Å². The number of pyridine rings is 1. The summed E-state index contributed by atoms with van der Waals surface area (Å²) >= 11 is 0. The molecule has 0 aliphatic carbocycles. The number of amides is 1. The molecule has 0 N–H and O–H groups in total. The Hall–Kier alpha value is -2.57. The minimum Gasteiger partial charge on any atom is -0.463 e. The maximum absolute atomic E-state index is 13.2. The van der Waals surface area contributed by atoms with E-state index >= 15 is 0 Å². The van der Waals surface area contributed by atoms with Gasteiger partial charge in [-0.15, -0.1) is 0 Å². The number of aromatic nitrogens is 3. The minimum atomic E-state index is -0.506. The molecule has 7 heteroatoms. The Morgan fingerprint density at radius 1 is 1.35 bits per heavy atom. The highest BCUT2D eigenvalue weighted by Crippen LogP contribution is 2.19. The van der Waals surface area contributed by atoms with Gasteiger partial charge >= 0.3 is 6.01 Å². The van der Waals surface area contributed by atoms with Gasteiger partial charge in [0.15, 0.2) is 0 Å². The van der Waals surface area contributed by atoms with E-state index in [4.69, 9.17) is 4.74 Å². The summed E-state index contributed by atoms with van der Waals surface area (Å²) in [7, 11) is 0. The van der Waals surface area contributed by atoms with Gasteiger partial charge < -0.3 is 9.64 Å². The molecule has 1 amide bonds. The zero-order chi connectivity index (χ0) is 16.1. The van der Waals surface area contributed by atoms with E-state index < -0.39 is 5.82 Å². The van der Waals surface area contributed by atoms with Crippen molar-refractivity contribution in [1.29, 1.82) is 0 Å². The molecule has 1 saturated heterocycles.